The summed E-state index contributed by atoms with van der Waals surface area (Å²) in [5, 5.41) is 3.69. The summed E-state index contributed by atoms with van der Waals surface area (Å²) in [5.74, 6) is 2.31. The number of ether oxygens (including phenoxy) is 3. The number of thioether (sulfide) groups is 1. The SMILES string of the molecule is COc1cc(NC(=O)c2ccc(CSC3CCCCC3)cc2)cc(OC)c1OC. The molecule has 0 unspecified atom stereocenters. The first-order chi connectivity index (χ1) is 14.1. The molecule has 1 saturated carbocycles. The Morgan fingerprint density at radius 2 is 1.59 bits per heavy atom. The molecular formula is C23H29NO4S. The number of amides is 1. The van der Waals surface area contributed by atoms with Crippen LogP contribution in [0.15, 0.2) is 36.4 Å². The molecule has 5 nitrogen and oxygen atoms in total. The monoisotopic (exact) mass is 415 g/mol. The first-order valence-corrected chi connectivity index (χ1v) is 11.0. The molecule has 6 heteroatoms. The molecule has 0 radical (unpaired) electrons. The molecule has 0 aliphatic heterocycles. The summed E-state index contributed by atoms with van der Waals surface area (Å²) in [7, 11) is 4.65. The highest BCUT2D eigenvalue weighted by atomic mass is 32.2. The Hall–Kier alpha value is -2.34. The van der Waals surface area contributed by atoms with Gasteiger partial charge in [0, 0.05) is 34.4 Å². The third kappa shape index (κ3) is 5.60. The van der Waals surface area contributed by atoms with E-state index in [0.717, 1.165) is 11.0 Å². The molecule has 0 heterocycles. The summed E-state index contributed by atoms with van der Waals surface area (Å²) in [5.41, 5.74) is 2.46. The molecular weight excluding hydrogens is 386 g/mol. The first kappa shape index (κ1) is 21.4. The average molecular weight is 416 g/mol. The van der Waals surface area contributed by atoms with E-state index in [0.29, 0.717) is 28.5 Å². The highest BCUT2D eigenvalue weighted by Crippen LogP contribution is 2.40. The van der Waals surface area contributed by atoms with Crippen molar-refractivity contribution in [3.05, 3.63) is 47.5 Å². The van der Waals surface area contributed by atoms with E-state index in [1.54, 1.807) is 33.5 Å². The van der Waals surface area contributed by atoms with Gasteiger partial charge in [0.25, 0.3) is 5.91 Å². The van der Waals surface area contributed by atoms with Crippen LogP contribution >= 0.6 is 11.8 Å². The Kier molecular flexibility index (Phi) is 7.69. The van der Waals surface area contributed by atoms with Gasteiger partial charge < -0.3 is 19.5 Å². The van der Waals surface area contributed by atoms with Crippen LogP contribution in [0, 0.1) is 0 Å². The maximum absolute atomic E-state index is 12.7. The normalized spacial score (nSPS) is 14.3. The summed E-state index contributed by atoms with van der Waals surface area (Å²) in [6.07, 6.45) is 6.77. The van der Waals surface area contributed by atoms with Gasteiger partial charge in [0.15, 0.2) is 11.5 Å². The minimum atomic E-state index is -0.175. The minimum Gasteiger partial charge on any atom is -0.493 e. The van der Waals surface area contributed by atoms with E-state index in [4.69, 9.17) is 14.2 Å². The summed E-state index contributed by atoms with van der Waals surface area (Å²) in [4.78, 5) is 12.7. The Balaban J connectivity index is 1.63. The van der Waals surface area contributed by atoms with Crippen molar-refractivity contribution in [1.29, 1.82) is 0 Å². The van der Waals surface area contributed by atoms with Crippen LogP contribution in [0.4, 0.5) is 5.69 Å². The van der Waals surface area contributed by atoms with Gasteiger partial charge in [0.2, 0.25) is 5.75 Å². The van der Waals surface area contributed by atoms with Gasteiger partial charge in [-0.3, -0.25) is 4.79 Å². The van der Waals surface area contributed by atoms with Crippen molar-refractivity contribution >= 4 is 23.4 Å². The second-order valence-electron chi connectivity index (χ2n) is 7.14. The number of hydrogen-bond donors (Lipinski definition) is 1. The Morgan fingerprint density at radius 1 is 0.966 bits per heavy atom. The maximum Gasteiger partial charge on any atom is 0.255 e. The smallest absolute Gasteiger partial charge is 0.255 e. The number of carbonyl (C=O) groups is 1. The Labute approximate surface area is 177 Å². The first-order valence-electron chi connectivity index (χ1n) is 9.96. The van der Waals surface area contributed by atoms with Crippen LogP contribution in [0.1, 0.15) is 48.0 Å². The van der Waals surface area contributed by atoms with Crippen molar-refractivity contribution in [2.24, 2.45) is 0 Å². The van der Waals surface area contributed by atoms with Crippen molar-refractivity contribution in [3.63, 3.8) is 0 Å². The van der Waals surface area contributed by atoms with E-state index in [1.807, 2.05) is 36.0 Å². The molecule has 3 rings (SSSR count). The van der Waals surface area contributed by atoms with Crippen LogP contribution in [0.2, 0.25) is 0 Å². The van der Waals surface area contributed by atoms with Gasteiger partial charge in [-0.15, -0.1) is 0 Å². The zero-order chi connectivity index (χ0) is 20.6. The van der Waals surface area contributed by atoms with Crippen LogP contribution in [0.5, 0.6) is 17.2 Å². The molecule has 1 fully saturated rings. The van der Waals surface area contributed by atoms with Gasteiger partial charge in [0.05, 0.1) is 21.3 Å². The van der Waals surface area contributed by atoms with Gasteiger partial charge in [-0.1, -0.05) is 31.4 Å². The zero-order valence-corrected chi connectivity index (χ0v) is 18.1. The van der Waals surface area contributed by atoms with Gasteiger partial charge in [-0.25, -0.2) is 0 Å². The zero-order valence-electron chi connectivity index (χ0n) is 17.3. The molecule has 0 atom stereocenters. The summed E-state index contributed by atoms with van der Waals surface area (Å²) in [6, 6.07) is 11.3. The summed E-state index contributed by atoms with van der Waals surface area (Å²) in [6.45, 7) is 0. The van der Waals surface area contributed by atoms with Crippen molar-refractivity contribution in [2.75, 3.05) is 26.6 Å². The number of hydrogen-bond acceptors (Lipinski definition) is 5. The van der Waals surface area contributed by atoms with Gasteiger partial charge in [-0.2, -0.15) is 11.8 Å². The van der Waals surface area contributed by atoms with E-state index < -0.39 is 0 Å². The molecule has 0 bridgehead atoms. The van der Waals surface area contributed by atoms with Crippen LogP contribution in [-0.4, -0.2) is 32.5 Å². The van der Waals surface area contributed by atoms with E-state index in [-0.39, 0.29) is 5.91 Å². The molecule has 1 N–H and O–H groups in total. The highest BCUT2D eigenvalue weighted by molar-refractivity contribution is 7.99. The number of nitrogens with one attached hydrogen (secondary N) is 1. The average Bonchev–Trinajstić information content (AvgIpc) is 2.77. The lowest BCUT2D eigenvalue weighted by molar-refractivity contribution is 0.102. The van der Waals surface area contributed by atoms with Crippen molar-refractivity contribution in [3.8, 4) is 17.2 Å². The van der Waals surface area contributed by atoms with Crippen LogP contribution < -0.4 is 19.5 Å². The maximum atomic E-state index is 12.7. The van der Waals surface area contributed by atoms with Crippen LogP contribution in [0.3, 0.4) is 0 Å². The number of anilines is 1. The predicted molar refractivity (Wildman–Crippen MR) is 119 cm³/mol. The molecule has 1 amide bonds. The number of carbonyl (C=O) groups excluding carboxylic acids is 1. The molecule has 2 aromatic carbocycles. The van der Waals surface area contributed by atoms with E-state index >= 15 is 0 Å². The van der Waals surface area contributed by atoms with Gasteiger partial charge in [-0.05, 0) is 30.5 Å². The highest BCUT2D eigenvalue weighted by Gasteiger charge is 2.16. The van der Waals surface area contributed by atoms with Crippen molar-refractivity contribution in [1.82, 2.24) is 0 Å². The lowest BCUT2D eigenvalue weighted by Gasteiger charge is -2.20. The van der Waals surface area contributed by atoms with Crippen LogP contribution in [-0.2, 0) is 5.75 Å². The fourth-order valence-corrected chi connectivity index (χ4v) is 4.84. The Morgan fingerprint density at radius 3 is 2.14 bits per heavy atom. The van der Waals surface area contributed by atoms with Gasteiger partial charge in [0.1, 0.15) is 0 Å². The molecule has 29 heavy (non-hydrogen) atoms. The minimum absolute atomic E-state index is 0.175. The summed E-state index contributed by atoms with van der Waals surface area (Å²) < 4.78 is 16.0. The van der Waals surface area contributed by atoms with Crippen molar-refractivity contribution in [2.45, 2.75) is 43.1 Å². The fraction of sp³-hybridized carbons (Fsp3) is 0.435. The topological polar surface area (TPSA) is 56.8 Å². The van der Waals surface area contributed by atoms with Crippen LogP contribution in [0.25, 0.3) is 0 Å². The quantitative estimate of drug-likeness (QED) is 0.614. The molecule has 1 aliphatic carbocycles. The largest absolute Gasteiger partial charge is 0.493 e. The molecule has 0 spiro atoms. The van der Waals surface area contributed by atoms with Gasteiger partial charge >= 0.3 is 0 Å². The van der Waals surface area contributed by atoms with Crippen molar-refractivity contribution < 1.29 is 19.0 Å². The third-order valence-electron chi connectivity index (χ3n) is 5.18. The predicted octanol–water partition coefficient (Wildman–Crippen LogP) is 5.53. The van der Waals surface area contributed by atoms with E-state index in [9.17, 15) is 4.79 Å². The molecule has 1 aliphatic rings. The number of methoxy groups -OCH3 is 3. The third-order valence-corrected chi connectivity index (χ3v) is 6.62. The molecule has 2 aromatic rings. The standard InChI is InChI=1S/C23H29NO4S/c1-26-20-13-18(14-21(27-2)22(20)28-3)24-23(25)17-11-9-16(10-12-17)15-29-19-7-5-4-6-8-19/h9-14,19H,4-8,15H2,1-3H3,(H,24,25). The fourth-order valence-electron chi connectivity index (χ4n) is 3.55. The number of benzene rings is 2. The number of rotatable bonds is 8. The summed E-state index contributed by atoms with van der Waals surface area (Å²) >= 11 is 2.04. The lowest BCUT2D eigenvalue weighted by Crippen LogP contribution is -2.12. The molecule has 0 aromatic heterocycles. The second kappa shape index (κ2) is 10.4. The molecule has 0 saturated heterocycles. The Bertz CT molecular complexity index is 791. The lowest BCUT2D eigenvalue weighted by atomic mass is 10.0. The van der Waals surface area contributed by atoms with E-state index in [2.05, 4.69) is 5.32 Å². The van der Waals surface area contributed by atoms with E-state index in [1.165, 1.54) is 37.7 Å². The molecule has 156 valence electrons. The second-order valence-corrected chi connectivity index (χ2v) is 8.42.